The van der Waals surface area contributed by atoms with Crippen molar-refractivity contribution in [1.29, 1.82) is 0 Å². The number of nitrogens with zero attached hydrogens (tertiary/aromatic N) is 2. The monoisotopic (exact) mass is 240 g/mol. The topological polar surface area (TPSA) is 82.2 Å². The van der Waals surface area contributed by atoms with Gasteiger partial charge in [0.05, 0.1) is 18.4 Å². The number of aromatic nitrogens is 2. The maximum Gasteiger partial charge on any atom is 0.220 e. The zero-order valence-electron chi connectivity index (χ0n) is 10.3. The van der Waals surface area contributed by atoms with Crippen LogP contribution < -0.4 is 11.1 Å². The smallest absolute Gasteiger partial charge is 0.220 e. The molecule has 0 aromatic carbocycles. The number of nitrogens with two attached hydrogens (primary N) is 1. The van der Waals surface area contributed by atoms with E-state index in [1.165, 1.54) is 0 Å². The Morgan fingerprint density at radius 2 is 2.47 bits per heavy atom. The summed E-state index contributed by atoms with van der Waals surface area (Å²) in [6, 6.07) is 0. The summed E-state index contributed by atoms with van der Waals surface area (Å²) < 4.78 is 6.68. The summed E-state index contributed by atoms with van der Waals surface area (Å²) in [6.45, 7) is 3.77. The summed E-state index contributed by atoms with van der Waals surface area (Å²) in [5.41, 5.74) is 6.15. The molecule has 0 aliphatic heterocycles. The Bertz CT molecular complexity index is 351. The highest BCUT2D eigenvalue weighted by atomic mass is 16.5. The second kappa shape index (κ2) is 6.90. The molecule has 0 radical (unpaired) electrons. The molecule has 1 aromatic rings. The summed E-state index contributed by atoms with van der Waals surface area (Å²) in [7, 11) is 1.64. The van der Waals surface area contributed by atoms with Crippen molar-refractivity contribution in [3.05, 3.63) is 12.4 Å². The van der Waals surface area contributed by atoms with Crippen molar-refractivity contribution in [3.63, 3.8) is 0 Å². The highest BCUT2D eigenvalue weighted by molar-refractivity contribution is 5.76. The summed E-state index contributed by atoms with van der Waals surface area (Å²) in [4.78, 5) is 11.5. The van der Waals surface area contributed by atoms with Crippen LogP contribution in [0.4, 0.5) is 5.69 Å². The van der Waals surface area contributed by atoms with Crippen LogP contribution in [-0.4, -0.2) is 35.9 Å². The number of anilines is 1. The van der Waals surface area contributed by atoms with Crippen LogP contribution in [0.2, 0.25) is 0 Å². The molecule has 0 bridgehead atoms. The minimum atomic E-state index is 0.0367. The highest BCUT2D eigenvalue weighted by Crippen LogP contribution is 2.01. The van der Waals surface area contributed by atoms with Crippen LogP contribution in [0.5, 0.6) is 0 Å². The van der Waals surface area contributed by atoms with Crippen molar-refractivity contribution in [1.82, 2.24) is 15.1 Å². The van der Waals surface area contributed by atoms with Crippen LogP contribution in [0.25, 0.3) is 0 Å². The normalized spacial score (nSPS) is 12.4. The Morgan fingerprint density at radius 1 is 1.71 bits per heavy atom. The molecular formula is C11H20N4O2. The van der Waals surface area contributed by atoms with Crippen molar-refractivity contribution in [2.75, 3.05) is 26.0 Å². The molecule has 3 N–H and O–H groups in total. The van der Waals surface area contributed by atoms with Crippen LogP contribution in [0.3, 0.4) is 0 Å². The molecule has 1 amide bonds. The van der Waals surface area contributed by atoms with E-state index in [2.05, 4.69) is 10.4 Å². The first-order chi connectivity index (χ1) is 8.11. The Labute approximate surface area is 101 Å². The molecule has 1 unspecified atom stereocenters. The van der Waals surface area contributed by atoms with E-state index in [9.17, 15) is 4.79 Å². The van der Waals surface area contributed by atoms with Gasteiger partial charge in [-0.25, -0.2) is 0 Å². The SMILES string of the molecule is COCC(C)CC(=O)NCCn1cc(N)cn1. The van der Waals surface area contributed by atoms with Gasteiger partial charge in [0.15, 0.2) is 0 Å². The molecular weight excluding hydrogens is 220 g/mol. The molecule has 1 heterocycles. The molecule has 0 saturated carbocycles. The number of nitrogen functional groups attached to an aromatic ring is 1. The van der Waals surface area contributed by atoms with E-state index in [4.69, 9.17) is 10.5 Å². The third-order valence-corrected chi connectivity index (χ3v) is 2.30. The number of ether oxygens (including phenoxy) is 1. The van der Waals surface area contributed by atoms with E-state index >= 15 is 0 Å². The van der Waals surface area contributed by atoms with Gasteiger partial charge in [0.25, 0.3) is 0 Å². The molecule has 0 aliphatic carbocycles. The summed E-state index contributed by atoms with van der Waals surface area (Å²) in [6.07, 6.45) is 3.80. The predicted molar refractivity (Wildman–Crippen MR) is 65.3 cm³/mol. The van der Waals surface area contributed by atoms with Crippen molar-refractivity contribution in [3.8, 4) is 0 Å². The van der Waals surface area contributed by atoms with E-state index in [1.807, 2.05) is 6.92 Å². The fourth-order valence-corrected chi connectivity index (χ4v) is 1.54. The zero-order chi connectivity index (χ0) is 12.7. The number of nitrogens with one attached hydrogen (secondary N) is 1. The second-order valence-corrected chi connectivity index (χ2v) is 4.15. The first-order valence-corrected chi connectivity index (χ1v) is 5.65. The first kappa shape index (κ1) is 13.5. The van der Waals surface area contributed by atoms with Gasteiger partial charge in [-0.05, 0) is 5.92 Å². The van der Waals surface area contributed by atoms with Crippen molar-refractivity contribution >= 4 is 11.6 Å². The third-order valence-electron chi connectivity index (χ3n) is 2.30. The van der Waals surface area contributed by atoms with Crippen LogP contribution in [0.15, 0.2) is 12.4 Å². The molecule has 0 fully saturated rings. The van der Waals surface area contributed by atoms with Crippen LogP contribution in [0.1, 0.15) is 13.3 Å². The molecule has 0 saturated heterocycles. The van der Waals surface area contributed by atoms with Gasteiger partial charge in [0, 0.05) is 32.9 Å². The first-order valence-electron chi connectivity index (χ1n) is 5.65. The lowest BCUT2D eigenvalue weighted by molar-refractivity contribution is -0.122. The quantitative estimate of drug-likeness (QED) is 0.716. The van der Waals surface area contributed by atoms with Crippen molar-refractivity contribution < 1.29 is 9.53 Å². The molecule has 6 nitrogen and oxygen atoms in total. The van der Waals surface area contributed by atoms with Gasteiger partial charge in [-0.2, -0.15) is 5.10 Å². The lowest BCUT2D eigenvalue weighted by Gasteiger charge is -2.10. The molecule has 1 aromatic heterocycles. The summed E-state index contributed by atoms with van der Waals surface area (Å²) >= 11 is 0. The maximum absolute atomic E-state index is 11.5. The van der Waals surface area contributed by atoms with Crippen LogP contribution in [-0.2, 0) is 16.1 Å². The standard InChI is InChI=1S/C11H20N4O2/c1-9(8-17-2)5-11(16)13-3-4-15-7-10(12)6-14-15/h6-7,9H,3-5,8,12H2,1-2H3,(H,13,16). The molecule has 0 aliphatic rings. The summed E-state index contributed by atoms with van der Waals surface area (Å²) in [5, 5.41) is 6.86. The zero-order valence-corrected chi connectivity index (χ0v) is 10.3. The highest BCUT2D eigenvalue weighted by Gasteiger charge is 2.08. The lowest BCUT2D eigenvalue weighted by Crippen LogP contribution is -2.29. The van der Waals surface area contributed by atoms with Crippen LogP contribution >= 0.6 is 0 Å². The fraction of sp³-hybridized carbons (Fsp3) is 0.636. The van der Waals surface area contributed by atoms with Gasteiger partial charge >= 0.3 is 0 Å². The maximum atomic E-state index is 11.5. The summed E-state index contributed by atoms with van der Waals surface area (Å²) in [5.74, 6) is 0.273. The van der Waals surface area contributed by atoms with Gasteiger partial charge in [-0.1, -0.05) is 6.92 Å². The largest absolute Gasteiger partial charge is 0.396 e. The van der Waals surface area contributed by atoms with E-state index in [0.29, 0.717) is 31.8 Å². The third kappa shape index (κ3) is 5.35. The Balaban J connectivity index is 2.16. The number of carbonyl (C=O) groups excluding carboxylic acids is 1. The van der Waals surface area contributed by atoms with E-state index in [0.717, 1.165) is 0 Å². The van der Waals surface area contributed by atoms with E-state index in [-0.39, 0.29) is 11.8 Å². The van der Waals surface area contributed by atoms with Gasteiger partial charge in [-0.3, -0.25) is 9.48 Å². The number of hydrogen-bond acceptors (Lipinski definition) is 4. The van der Waals surface area contributed by atoms with Crippen molar-refractivity contribution in [2.24, 2.45) is 5.92 Å². The van der Waals surface area contributed by atoms with Gasteiger partial charge in [0.2, 0.25) is 5.91 Å². The number of rotatable bonds is 7. The fourth-order valence-electron chi connectivity index (χ4n) is 1.54. The molecule has 96 valence electrons. The lowest BCUT2D eigenvalue weighted by atomic mass is 10.1. The average molecular weight is 240 g/mol. The van der Waals surface area contributed by atoms with Crippen molar-refractivity contribution in [2.45, 2.75) is 19.9 Å². The molecule has 0 spiro atoms. The Hall–Kier alpha value is -1.56. The number of amides is 1. The Morgan fingerprint density at radius 3 is 3.06 bits per heavy atom. The number of carbonyl (C=O) groups is 1. The van der Waals surface area contributed by atoms with Gasteiger partial charge in [0.1, 0.15) is 0 Å². The number of methoxy groups -OCH3 is 1. The minimum absolute atomic E-state index is 0.0367. The van der Waals surface area contributed by atoms with E-state index < -0.39 is 0 Å². The Kier molecular flexibility index (Phi) is 5.48. The minimum Gasteiger partial charge on any atom is -0.396 e. The van der Waals surface area contributed by atoms with Crippen LogP contribution in [0, 0.1) is 5.92 Å². The number of hydrogen-bond donors (Lipinski definition) is 2. The average Bonchev–Trinajstić information content (AvgIpc) is 2.64. The van der Waals surface area contributed by atoms with Gasteiger partial charge < -0.3 is 15.8 Å². The van der Waals surface area contributed by atoms with Gasteiger partial charge in [-0.15, -0.1) is 0 Å². The molecule has 1 atom stereocenters. The molecule has 17 heavy (non-hydrogen) atoms. The second-order valence-electron chi connectivity index (χ2n) is 4.15. The van der Waals surface area contributed by atoms with E-state index in [1.54, 1.807) is 24.2 Å². The molecule has 1 rings (SSSR count). The predicted octanol–water partition coefficient (Wildman–Crippen LogP) is 0.254. The molecule has 6 heteroatoms.